The molecule has 2 aromatic rings. The van der Waals surface area contributed by atoms with E-state index in [1.54, 1.807) is 12.1 Å². The lowest BCUT2D eigenvalue weighted by Crippen LogP contribution is -2.58. The molecule has 0 radical (unpaired) electrons. The Morgan fingerprint density at radius 2 is 1.55 bits per heavy atom. The van der Waals surface area contributed by atoms with Crippen molar-refractivity contribution >= 4 is 33.4 Å². The molecule has 2 amide bonds. The van der Waals surface area contributed by atoms with Gasteiger partial charge in [-0.15, -0.1) is 0 Å². The van der Waals surface area contributed by atoms with Crippen LogP contribution in [0.3, 0.4) is 0 Å². The Morgan fingerprint density at radius 3 is 2.10 bits per heavy atom. The fourth-order valence-electron chi connectivity index (χ4n) is 3.30. The molecule has 1 aliphatic rings. The highest BCUT2D eigenvalue weighted by Crippen LogP contribution is 2.36. The van der Waals surface area contributed by atoms with Crippen LogP contribution in [0.1, 0.15) is 19.8 Å². The summed E-state index contributed by atoms with van der Waals surface area (Å²) >= 11 is 1.49. The number of hydrogen-bond donors (Lipinski definition) is 2. The third-order valence-electron chi connectivity index (χ3n) is 4.92. The van der Waals surface area contributed by atoms with Crippen LogP contribution >= 0.6 is 11.8 Å². The molecular weight excluding hydrogens is 412 g/mol. The predicted octanol–water partition coefficient (Wildman–Crippen LogP) is 2.50. The molecule has 154 valence electrons. The van der Waals surface area contributed by atoms with E-state index in [-0.39, 0.29) is 22.8 Å². The number of imide groups is 1. The minimum Gasteiger partial charge on any atom is -0.317 e. The van der Waals surface area contributed by atoms with Crippen molar-refractivity contribution in [2.45, 2.75) is 39.2 Å². The summed E-state index contributed by atoms with van der Waals surface area (Å²) in [5.41, 5.74) is 0. The van der Waals surface area contributed by atoms with Gasteiger partial charge in [-0.05, 0) is 62.3 Å². The van der Waals surface area contributed by atoms with Crippen LogP contribution in [-0.2, 0) is 19.4 Å². The molecule has 0 saturated carbocycles. The molecule has 1 saturated heterocycles. The molecule has 29 heavy (non-hydrogen) atoms. The number of hydroxylamine groups is 2. The van der Waals surface area contributed by atoms with E-state index in [2.05, 4.69) is 5.32 Å². The Labute approximate surface area is 174 Å². The van der Waals surface area contributed by atoms with Gasteiger partial charge in [0, 0.05) is 16.7 Å². The second-order valence-electron chi connectivity index (χ2n) is 6.77. The summed E-state index contributed by atoms with van der Waals surface area (Å²) in [7, 11) is -4.14. The zero-order chi connectivity index (χ0) is 21.1. The van der Waals surface area contributed by atoms with Crippen LogP contribution in [0.15, 0.2) is 69.3 Å². The van der Waals surface area contributed by atoms with Crippen molar-refractivity contribution in [3.63, 3.8) is 0 Å². The van der Waals surface area contributed by atoms with Crippen molar-refractivity contribution in [3.05, 3.63) is 54.6 Å². The van der Waals surface area contributed by atoms with Crippen molar-refractivity contribution in [2.75, 3.05) is 13.1 Å². The number of nitrogens with zero attached hydrogens (tertiary/aromatic N) is 1. The van der Waals surface area contributed by atoms with Gasteiger partial charge >= 0.3 is 0 Å². The van der Waals surface area contributed by atoms with E-state index in [4.69, 9.17) is 0 Å². The van der Waals surface area contributed by atoms with E-state index < -0.39 is 26.4 Å². The molecule has 0 bridgehead atoms. The number of carbonyl (C=O) groups is 2. The SMILES string of the molecule is CC(=O)N(O)C(=O)C1(S(=O)(=O)c2ccc(Sc3ccccc3)cc2)CCNCC1. The standard InChI is InChI=1S/C20H22N2O5S2/c1-15(23)22(25)19(24)20(11-13-21-14-12-20)29(26,27)18-9-7-17(8-10-18)28-16-5-3-2-4-6-16/h2-10,21,25H,11-14H2,1H3. The highest BCUT2D eigenvalue weighted by Gasteiger charge is 2.54. The van der Waals surface area contributed by atoms with Gasteiger partial charge < -0.3 is 5.32 Å². The maximum absolute atomic E-state index is 13.4. The normalized spacial score (nSPS) is 16.2. The van der Waals surface area contributed by atoms with Crippen molar-refractivity contribution in [1.82, 2.24) is 10.4 Å². The van der Waals surface area contributed by atoms with E-state index >= 15 is 0 Å². The van der Waals surface area contributed by atoms with Gasteiger partial charge in [-0.3, -0.25) is 14.8 Å². The van der Waals surface area contributed by atoms with Gasteiger partial charge in [0.15, 0.2) is 14.6 Å². The Hall–Kier alpha value is -2.20. The zero-order valence-electron chi connectivity index (χ0n) is 15.9. The van der Waals surface area contributed by atoms with Gasteiger partial charge in [0.2, 0.25) is 5.91 Å². The van der Waals surface area contributed by atoms with Gasteiger partial charge in [-0.2, -0.15) is 5.06 Å². The number of benzene rings is 2. The molecule has 0 atom stereocenters. The maximum Gasteiger partial charge on any atom is 0.275 e. The van der Waals surface area contributed by atoms with Crippen LogP contribution in [0.5, 0.6) is 0 Å². The second-order valence-corrected chi connectivity index (χ2v) is 10.2. The van der Waals surface area contributed by atoms with E-state index in [0.717, 1.165) is 16.7 Å². The Balaban J connectivity index is 1.94. The summed E-state index contributed by atoms with van der Waals surface area (Å²) in [6, 6.07) is 16.0. The molecular formula is C20H22N2O5S2. The maximum atomic E-state index is 13.4. The lowest BCUT2D eigenvalue weighted by Gasteiger charge is -2.36. The Bertz CT molecular complexity index is 985. The molecule has 9 heteroatoms. The number of hydrogen-bond acceptors (Lipinski definition) is 7. The zero-order valence-corrected chi connectivity index (χ0v) is 17.5. The number of carbonyl (C=O) groups excluding carboxylic acids is 2. The smallest absolute Gasteiger partial charge is 0.275 e. The lowest BCUT2D eigenvalue weighted by atomic mass is 9.95. The lowest BCUT2D eigenvalue weighted by molar-refractivity contribution is -0.180. The van der Waals surface area contributed by atoms with E-state index in [9.17, 15) is 23.2 Å². The first-order valence-electron chi connectivity index (χ1n) is 9.10. The van der Waals surface area contributed by atoms with Crippen LogP contribution in [0.2, 0.25) is 0 Å². The van der Waals surface area contributed by atoms with Crippen molar-refractivity contribution in [3.8, 4) is 0 Å². The third kappa shape index (κ3) is 4.23. The van der Waals surface area contributed by atoms with E-state index in [1.165, 1.54) is 23.9 Å². The number of sulfone groups is 1. The monoisotopic (exact) mass is 434 g/mol. The highest BCUT2D eigenvalue weighted by atomic mass is 32.2. The van der Waals surface area contributed by atoms with Gasteiger partial charge in [0.05, 0.1) is 4.90 Å². The molecule has 1 aliphatic heterocycles. The first-order chi connectivity index (χ1) is 13.8. The molecule has 2 aromatic carbocycles. The molecule has 0 spiro atoms. The minimum absolute atomic E-state index is 0.0119. The molecule has 1 heterocycles. The topological polar surface area (TPSA) is 104 Å². The molecule has 2 N–H and O–H groups in total. The summed E-state index contributed by atoms with van der Waals surface area (Å²) in [5.74, 6) is -2.02. The van der Waals surface area contributed by atoms with Gasteiger partial charge in [0.25, 0.3) is 5.91 Å². The Kier molecular flexibility index (Phi) is 6.42. The molecule has 1 fully saturated rings. The second kappa shape index (κ2) is 8.66. The molecule has 0 aliphatic carbocycles. The van der Waals surface area contributed by atoms with Crippen LogP contribution in [0.4, 0.5) is 0 Å². The van der Waals surface area contributed by atoms with E-state index in [0.29, 0.717) is 13.1 Å². The van der Waals surface area contributed by atoms with Crippen molar-refractivity contribution in [1.29, 1.82) is 0 Å². The first-order valence-corrected chi connectivity index (χ1v) is 11.4. The number of piperidine rings is 1. The fourth-order valence-corrected chi connectivity index (χ4v) is 6.14. The van der Waals surface area contributed by atoms with Crippen LogP contribution in [0, 0.1) is 0 Å². The van der Waals surface area contributed by atoms with Gasteiger partial charge in [0.1, 0.15) is 0 Å². The van der Waals surface area contributed by atoms with Crippen LogP contribution in [0.25, 0.3) is 0 Å². The van der Waals surface area contributed by atoms with Crippen molar-refractivity contribution < 1.29 is 23.2 Å². The summed E-state index contributed by atoms with van der Waals surface area (Å²) < 4.78 is 25.0. The molecule has 3 rings (SSSR count). The summed E-state index contributed by atoms with van der Waals surface area (Å²) in [6.45, 7) is 1.59. The van der Waals surface area contributed by atoms with Crippen molar-refractivity contribution in [2.24, 2.45) is 0 Å². The number of amides is 2. The molecule has 0 unspecified atom stereocenters. The molecule has 7 nitrogen and oxygen atoms in total. The quantitative estimate of drug-likeness (QED) is 0.550. The number of nitrogens with one attached hydrogen (secondary N) is 1. The Morgan fingerprint density at radius 1 is 1.00 bits per heavy atom. The van der Waals surface area contributed by atoms with E-state index in [1.807, 2.05) is 30.3 Å². The van der Waals surface area contributed by atoms with Crippen LogP contribution in [-0.4, -0.2) is 48.3 Å². The first kappa shape index (κ1) is 21.5. The van der Waals surface area contributed by atoms with Gasteiger partial charge in [-0.25, -0.2) is 8.42 Å². The average molecular weight is 435 g/mol. The van der Waals surface area contributed by atoms with Crippen LogP contribution < -0.4 is 5.32 Å². The molecule has 0 aromatic heterocycles. The largest absolute Gasteiger partial charge is 0.317 e. The summed E-state index contributed by atoms with van der Waals surface area (Å²) in [5, 5.41) is 12.8. The fraction of sp³-hybridized carbons (Fsp3) is 0.300. The summed E-state index contributed by atoms with van der Waals surface area (Å²) in [6.07, 6.45) is -0.0575. The minimum atomic E-state index is -4.14. The van der Waals surface area contributed by atoms with Gasteiger partial charge in [-0.1, -0.05) is 30.0 Å². The number of rotatable bonds is 5. The third-order valence-corrected chi connectivity index (χ3v) is 8.44. The highest BCUT2D eigenvalue weighted by molar-refractivity contribution is 7.99. The predicted molar refractivity (Wildman–Crippen MR) is 108 cm³/mol. The summed E-state index contributed by atoms with van der Waals surface area (Å²) in [4.78, 5) is 26.2. The average Bonchev–Trinajstić information content (AvgIpc) is 2.74.